The Balaban J connectivity index is 1.99. The Labute approximate surface area is 168 Å². The molecule has 1 saturated heterocycles. The predicted molar refractivity (Wildman–Crippen MR) is 106 cm³/mol. The van der Waals surface area contributed by atoms with Crippen molar-refractivity contribution in [2.45, 2.75) is 29.5 Å². The molecule has 0 aliphatic carbocycles. The van der Waals surface area contributed by atoms with Crippen LogP contribution in [0.1, 0.15) is 24.6 Å². The summed E-state index contributed by atoms with van der Waals surface area (Å²) in [7, 11) is 28.7. The van der Waals surface area contributed by atoms with Gasteiger partial charge in [-0.1, -0.05) is 16.8 Å². The fourth-order valence-corrected chi connectivity index (χ4v) is 3.31. The Morgan fingerprint density at radius 1 is 1.15 bits per heavy atom. The number of piperidine rings is 1. The first-order valence-corrected chi connectivity index (χ1v) is 8.52. The van der Waals surface area contributed by atoms with Crippen LogP contribution in [0.4, 0.5) is 5.95 Å². The Kier molecular flexibility index (Phi) is 5.40. The molecule has 0 spiro atoms. The van der Waals surface area contributed by atoms with E-state index in [-0.39, 0.29) is 28.4 Å². The number of hydrogen-bond acceptors (Lipinski definition) is 7. The van der Waals surface area contributed by atoms with Gasteiger partial charge in [0.05, 0.1) is 40.3 Å². The molecule has 3 rings (SSSR count). The first kappa shape index (κ1) is 20.3. The lowest BCUT2D eigenvalue weighted by Gasteiger charge is -2.42. The van der Waals surface area contributed by atoms with Crippen LogP contribution in [0, 0.1) is 0 Å². The Morgan fingerprint density at radius 3 is 2.33 bits per heavy atom. The largest absolute Gasteiger partial charge is 0.389 e. The number of hydrogen-bond donors (Lipinski definition) is 2. The molecule has 0 amide bonds. The van der Waals surface area contributed by atoms with E-state index in [1.54, 1.807) is 4.90 Å². The van der Waals surface area contributed by atoms with Crippen LogP contribution >= 0.6 is 11.6 Å². The van der Waals surface area contributed by atoms with Crippen LogP contribution in [-0.2, 0) is 5.52 Å². The molecule has 10 radical (unpaired) electrons. The maximum absolute atomic E-state index is 10.3. The van der Waals surface area contributed by atoms with Crippen LogP contribution < -0.4 is 5.73 Å². The molecule has 0 bridgehead atoms. The molecule has 0 atom stereocenters. The lowest BCUT2D eigenvalue weighted by molar-refractivity contribution is 0.132. The molecule has 1 aliphatic rings. The van der Waals surface area contributed by atoms with Crippen LogP contribution in [0.3, 0.4) is 0 Å². The summed E-state index contributed by atoms with van der Waals surface area (Å²) >= 11 is 6.14. The van der Waals surface area contributed by atoms with E-state index in [1.807, 2.05) is 0 Å². The molecule has 1 fully saturated rings. The van der Waals surface area contributed by atoms with Crippen molar-refractivity contribution in [3.63, 3.8) is 0 Å². The van der Waals surface area contributed by atoms with Crippen molar-refractivity contribution >= 4 is 56.8 Å². The lowest BCUT2D eigenvalue weighted by Crippen LogP contribution is -2.53. The van der Waals surface area contributed by atoms with Gasteiger partial charge in [-0.25, -0.2) is 9.97 Å². The number of nitrogens with zero attached hydrogens (tertiary/aromatic N) is 6. The van der Waals surface area contributed by atoms with Crippen molar-refractivity contribution in [1.82, 2.24) is 29.6 Å². The van der Waals surface area contributed by atoms with E-state index in [2.05, 4.69) is 20.2 Å². The standard InChI is InChI=1S/C13H13B5ClN7O/c14-12(15,16)25-3-1-6(2-4-25)9-23-24-10(26(9)13(17,18)27)8-7(19)5-21-11(20)22-8/h5-6,27H,1-4H2,(H2,20,21,22). The first-order valence-electron chi connectivity index (χ1n) is 8.14. The van der Waals surface area contributed by atoms with Gasteiger partial charge in [-0.2, -0.15) is 0 Å². The third kappa shape index (κ3) is 4.20. The monoisotopic (exact) mass is 373 g/mol. The highest BCUT2D eigenvalue weighted by Crippen LogP contribution is 2.34. The van der Waals surface area contributed by atoms with Gasteiger partial charge in [-0.3, -0.25) is 4.57 Å². The van der Waals surface area contributed by atoms with Crippen molar-refractivity contribution in [3.8, 4) is 11.5 Å². The summed E-state index contributed by atoms with van der Waals surface area (Å²) in [5.41, 5.74) is 3.49. The van der Waals surface area contributed by atoms with Crippen LogP contribution in [-0.4, -0.2) is 92.3 Å². The van der Waals surface area contributed by atoms with E-state index in [0.717, 1.165) is 0 Å². The lowest BCUT2D eigenvalue weighted by atomic mass is 9.48. The highest BCUT2D eigenvalue weighted by atomic mass is 35.5. The molecule has 0 saturated carbocycles. The SMILES string of the molecule is [B]C([B])([B])N1CCC(c2nnc(-c3nc(N)ncc3Cl)n2C([B])([B])O)CC1. The third-order valence-electron chi connectivity index (χ3n) is 4.43. The van der Waals surface area contributed by atoms with Gasteiger partial charge in [0.1, 0.15) is 27.2 Å². The highest BCUT2D eigenvalue weighted by Gasteiger charge is 2.33. The predicted octanol–water partition coefficient (Wildman–Crippen LogP) is -1.84. The van der Waals surface area contributed by atoms with E-state index < -0.39 is 10.8 Å². The van der Waals surface area contributed by atoms with Gasteiger partial charge < -0.3 is 15.7 Å². The van der Waals surface area contributed by atoms with Gasteiger partial charge >= 0.3 is 0 Å². The zero-order chi connectivity index (χ0) is 20.0. The van der Waals surface area contributed by atoms with Crippen LogP contribution in [0.5, 0.6) is 0 Å². The minimum atomic E-state index is -2.28. The Morgan fingerprint density at radius 2 is 1.78 bits per heavy atom. The van der Waals surface area contributed by atoms with Gasteiger partial charge in [0.15, 0.2) is 5.82 Å². The summed E-state index contributed by atoms with van der Waals surface area (Å²) in [6.07, 6.45) is 2.51. The Bertz CT molecular complexity index is 829. The minimum Gasteiger partial charge on any atom is -0.389 e. The molecule has 3 heterocycles. The number of aromatic nitrogens is 5. The van der Waals surface area contributed by atoms with E-state index >= 15 is 0 Å². The smallest absolute Gasteiger partial charge is 0.220 e. The van der Waals surface area contributed by atoms with Gasteiger partial charge in [0, 0.05) is 5.92 Å². The van der Waals surface area contributed by atoms with Crippen molar-refractivity contribution in [2.75, 3.05) is 18.8 Å². The molecule has 2 aromatic rings. The second kappa shape index (κ2) is 7.18. The average Bonchev–Trinajstić information content (AvgIpc) is 3.01. The molecular weight excluding hydrogens is 360 g/mol. The zero-order valence-corrected chi connectivity index (χ0v) is 15.2. The molecule has 27 heavy (non-hydrogen) atoms. The molecular formula is C13H13B5ClN7O. The molecule has 1 aliphatic heterocycles. The second-order valence-electron chi connectivity index (χ2n) is 6.57. The molecule has 8 nitrogen and oxygen atoms in total. The summed E-state index contributed by atoms with van der Waals surface area (Å²) in [5, 5.41) is 17.3. The van der Waals surface area contributed by atoms with Crippen molar-refractivity contribution in [1.29, 1.82) is 0 Å². The quantitative estimate of drug-likeness (QED) is 0.608. The second-order valence-corrected chi connectivity index (χ2v) is 6.98. The van der Waals surface area contributed by atoms with Crippen LogP contribution in [0.2, 0.25) is 5.02 Å². The number of halogens is 1. The Hall–Kier alpha value is -1.45. The molecule has 128 valence electrons. The number of anilines is 1. The van der Waals surface area contributed by atoms with E-state index in [9.17, 15) is 5.11 Å². The maximum Gasteiger partial charge on any atom is 0.220 e. The van der Waals surface area contributed by atoms with Gasteiger partial charge in [-0.15, -0.1) is 10.2 Å². The average molecular weight is 373 g/mol. The van der Waals surface area contributed by atoms with Crippen molar-refractivity contribution in [2.24, 2.45) is 0 Å². The van der Waals surface area contributed by atoms with Gasteiger partial charge in [-0.05, 0) is 25.9 Å². The van der Waals surface area contributed by atoms with Gasteiger partial charge in [0.2, 0.25) is 5.95 Å². The normalized spacial score (nSPS) is 17.3. The van der Waals surface area contributed by atoms with Crippen molar-refractivity contribution in [3.05, 3.63) is 17.0 Å². The zero-order valence-electron chi connectivity index (χ0n) is 14.5. The van der Waals surface area contributed by atoms with Crippen LogP contribution in [0.25, 0.3) is 11.5 Å². The molecule has 0 aromatic carbocycles. The van der Waals surface area contributed by atoms with Crippen LogP contribution in [0.15, 0.2) is 6.20 Å². The minimum absolute atomic E-state index is 0.0263. The number of aliphatic hydroxyl groups is 1. The third-order valence-corrected chi connectivity index (χ3v) is 4.71. The molecule has 0 unspecified atom stereocenters. The summed E-state index contributed by atoms with van der Waals surface area (Å²) in [6.45, 7) is 1.04. The van der Waals surface area contributed by atoms with E-state index in [0.29, 0.717) is 31.8 Å². The summed E-state index contributed by atoms with van der Waals surface area (Å²) in [5.74, 6) is 0.301. The summed E-state index contributed by atoms with van der Waals surface area (Å²) in [4.78, 5) is 9.59. The van der Waals surface area contributed by atoms with E-state index in [1.165, 1.54) is 10.8 Å². The molecule has 14 heteroatoms. The number of nitrogen functional groups attached to an aromatic ring is 1. The fraction of sp³-hybridized carbons (Fsp3) is 0.538. The maximum atomic E-state index is 10.3. The first-order chi connectivity index (χ1) is 12.5. The molecule has 2 aromatic heterocycles. The van der Waals surface area contributed by atoms with Gasteiger partial charge in [0.25, 0.3) is 0 Å². The fourth-order valence-electron chi connectivity index (χ4n) is 3.13. The number of nitrogens with two attached hydrogens (primary N) is 1. The highest BCUT2D eigenvalue weighted by molar-refractivity contribution is 6.59. The summed E-state index contributed by atoms with van der Waals surface area (Å²) < 4.78 is 1.18. The van der Waals surface area contributed by atoms with Crippen molar-refractivity contribution < 1.29 is 5.11 Å². The number of likely N-dealkylation sites (tertiary alicyclic amines) is 1. The number of rotatable bonds is 4. The summed E-state index contributed by atoms with van der Waals surface area (Å²) in [6, 6.07) is 0. The van der Waals surface area contributed by atoms with E-state index in [4.69, 9.17) is 56.6 Å². The topological polar surface area (TPSA) is 106 Å². The molecule has 3 N–H and O–H groups in total.